The normalized spacial score (nSPS) is 11.5. The molecule has 2 heterocycles. The first-order chi connectivity index (χ1) is 15.2. The van der Waals surface area contributed by atoms with Crippen LogP contribution in [0.25, 0.3) is 11.0 Å². The second kappa shape index (κ2) is 8.62. The fourth-order valence-corrected chi connectivity index (χ4v) is 4.73. The maximum absolute atomic E-state index is 15.1. The van der Waals surface area contributed by atoms with Crippen LogP contribution in [-0.4, -0.2) is 23.4 Å². The molecule has 0 bridgehead atoms. The zero-order valence-electron chi connectivity index (χ0n) is 15.6. The summed E-state index contributed by atoms with van der Waals surface area (Å²) in [7, 11) is -4.34. The van der Waals surface area contributed by atoms with Crippen molar-refractivity contribution in [2.75, 3.05) is 10.0 Å². The summed E-state index contributed by atoms with van der Waals surface area (Å²) >= 11 is 17.7. The van der Waals surface area contributed by atoms with Gasteiger partial charge in [0, 0.05) is 0 Å². The molecule has 0 saturated carbocycles. The summed E-state index contributed by atoms with van der Waals surface area (Å²) < 4.78 is 57.1. The molecule has 2 aromatic carbocycles. The molecule has 32 heavy (non-hydrogen) atoms. The van der Waals surface area contributed by atoms with E-state index in [9.17, 15) is 12.8 Å². The third-order valence-electron chi connectivity index (χ3n) is 4.23. The van der Waals surface area contributed by atoms with Crippen LogP contribution in [-0.2, 0) is 10.0 Å². The summed E-state index contributed by atoms with van der Waals surface area (Å²) in [6, 6.07) is 8.83. The molecule has 7 nitrogen and oxygen atoms in total. The maximum Gasteiger partial charge on any atom is 0.263 e. The lowest BCUT2D eigenvalue weighted by atomic mass is 10.2. The Morgan fingerprint density at radius 3 is 2.50 bits per heavy atom. The average Bonchev–Trinajstić information content (AvgIpc) is 2.75. The Balaban J connectivity index is 1.75. The highest BCUT2D eigenvalue weighted by atomic mass is 35.5. The molecular weight excluding hydrogens is 507 g/mol. The number of anilines is 3. The predicted octanol–water partition coefficient (Wildman–Crippen LogP) is 5.81. The minimum absolute atomic E-state index is 0.00160. The molecule has 0 spiro atoms. The lowest BCUT2D eigenvalue weighted by Gasteiger charge is -2.14. The molecule has 4 rings (SSSR count). The Hall–Kier alpha value is -2.79. The van der Waals surface area contributed by atoms with E-state index >= 15 is 4.39 Å². The van der Waals surface area contributed by atoms with Gasteiger partial charge >= 0.3 is 0 Å². The molecule has 0 amide bonds. The number of rotatable bonds is 5. The number of nitrogens with one attached hydrogen (secondary N) is 2. The van der Waals surface area contributed by atoms with E-state index in [1.165, 1.54) is 30.6 Å². The maximum atomic E-state index is 15.1. The molecular formula is C19H10Cl3F2N5O2S. The molecule has 0 unspecified atom stereocenters. The molecule has 0 aliphatic heterocycles. The minimum atomic E-state index is -4.34. The number of nitrogens with zero attached hydrogens (tertiary/aromatic N) is 3. The van der Waals surface area contributed by atoms with Crippen LogP contribution in [0.4, 0.5) is 26.0 Å². The van der Waals surface area contributed by atoms with Gasteiger partial charge < -0.3 is 5.32 Å². The van der Waals surface area contributed by atoms with Crippen LogP contribution in [0.5, 0.6) is 0 Å². The average molecular weight is 517 g/mol. The van der Waals surface area contributed by atoms with Crippen molar-refractivity contribution < 1.29 is 17.2 Å². The highest BCUT2D eigenvalue weighted by Gasteiger charge is 2.23. The standard InChI is InChI=1S/C19H10Cl3F2N5O2S/c20-9-2-1-3-13(15(9)22)32(30,31)29-11-5-4-10(23)17(16(11)24)28-19-18-12(25-8-26-19)6-7-14(21)27-18/h1-8,29H,(H,25,26,28). The molecule has 0 radical (unpaired) electrons. The van der Waals surface area contributed by atoms with Crippen LogP contribution in [0.15, 0.2) is 53.7 Å². The number of sulfonamides is 1. The molecule has 0 saturated heterocycles. The van der Waals surface area contributed by atoms with Crippen molar-refractivity contribution >= 4 is 73.1 Å². The molecule has 2 aromatic heterocycles. The predicted molar refractivity (Wildman–Crippen MR) is 119 cm³/mol. The molecule has 2 N–H and O–H groups in total. The zero-order valence-corrected chi connectivity index (χ0v) is 18.7. The molecule has 164 valence electrons. The fraction of sp³-hybridized carbons (Fsp3) is 0. The van der Waals surface area contributed by atoms with Crippen LogP contribution >= 0.6 is 34.8 Å². The van der Waals surface area contributed by atoms with Gasteiger partial charge in [0.25, 0.3) is 10.0 Å². The monoisotopic (exact) mass is 515 g/mol. The number of hydrogen-bond donors (Lipinski definition) is 2. The highest BCUT2D eigenvalue weighted by Crippen LogP contribution is 2.34. The summed E-state index contributed by atoms with van der Waals surface area (Å²) in [6.07, 6.45) is 1.17. The highest BCUT2D eigenvalue weighted by molar-refractivity contribution is 7.92. The van der Waals surface area contributed by atoms with Gasteiger partial charge in [-0.05, 0) is 36.4 Å². The Bertz CT molecular complexity index is 1470. The minimum Gasteiger partial charge on any atom is -0.333 e. The van der Waals surface area contributed by atoms with Gasteiger partial charge in [-0.2, -0.15) is 0 Å². The summed E-state index contributed by atoms with van der Waals surface area (Å²) in [5, 5.41) is 2.37. The van der Waals surface area contributed by atoms with Gasteiger partial charge in [-0.15, -0.1) is 0 Å². The Kier molecular flexibility index (Phi) is 6.04. The lowest BCUT2D eigenvalue weighted by Crippen LogP contribution is -2.15. The number of aromatic nitrogens is 3. The van der Waals surface area contributed by atoms with Crippen molar-refractivity contribution in [2.24, 2.45) is 0 Å². The van der Waals surface area contributed by atoms with Gasteiger partial charge in [-0.3, -0.25) is 4.72 Å². The Labute approximate surface area is 195 Å². The number of fused-ring (bicyclic) bond motifs is 1. The van der Waals surface area contributed by atoms with Crippen LogP contribution in [0.1, 0.15) is 0 Å². The third kappa shape index (κ3) is 4.26. The van der Waals surface area contributed by atoms with Crippen molar-refractivity contribution in [3.8, 4) is 0 Å². The number of benzene rings is 2. The van der Waals surface area contributed by atoms with E-state index in [-0.39, 0.29) is 31.4 Å². The van der Waals surface area contributed by atoms with Gasteiger partial charge in [0.2, 0.25) is 0 Å². The molecule has 0 atom stereocenters. The molecule has 0 aliphatic rings. The number of pyridine rings is 1. The van der Waals surface area contributed by atoms with Crippen molar-refractivity contribution in [2.45, 2.75) is 4.90 Å². The summed E-state index contributed by atoms with van der Waals surface area (Å²) in [6.45, 7) is 0. The van der Waals surface area contributed by atoms with Gasteiger partial charge in [0.1, 0.15) is 33.4 Å². The SMILES string of the molecule is O=S(=O)(Nc1ccc(F)c(Nc2ncnc3ccc(Cl)nc23)c1F)c1cccc(Cl)c1Cl. The lowest BCUT2D eigenvalue weighted by molar-refractivity contribution is 0.588. The van der Waals surface area contributed by atoms with Crippen molar-refractivity contribution in [1.29, 1.82) is 0 Å². The van der Waals surface area contributed by atoms with Gasteiger partial charge in [-0.1, -0.05) is 40.9 Å². The van der Waals surface area contributed by atoms with Crippen molar-refractivity contribution in [3.05, 3.63) is 75.6 Å². The van der Waals surface area contributed by atoms with Crippen LogP contribution in [0, 0.1) is 11.6 Å². The second-order valence-corrected chi connectivity index (χ2v) is 9.11. The van der Waals surface area contributed by atoms with E-state index in [1.54, 1.807) is 6.07 Å². The van der Waals surface area contributed by atoms with E-state index < -0.39 is 33.0 Å². The topological polar surface area (TPSA) is 96.9 Å². The van der Waals surface area contributed by atoms with Crippen LogP contribution < -0.4 is 10.0 Å². The van der Waals surface area contributed by atoms with E-state index in [0.717, 1.165) is 12.1 Å². The Morgan fingerprint density at radius 2 is 1.72 bits per heavy atom. The number of halogens is 5. The fourth-order valence-electron chi connectivity index (χ4n) is 2.76. The van der Waals surface area contributed by atoms with Crippen LogP contribution in [0.3, 0.4) is 0 Å². The summed E-state index contributed by atoms with van der Waals surface area (Å²) in [4.78, 5) is 11.7. The quantitative estimate of drug-likeness (QED) is 0.325. The first-order valence-electron chi connectivity index (χ1n) is 8.66. The number of hydrogen-bond acceptors (Lipinski definition) is 6. The molecule has 0 aliphatic carbocycles. The first-order valence-corrected chi connectivity index (χ1v) is 11.3. The second-order valence-electron chi connectivity index (χ2n) is 6.29. The first kappa shape index (κ1) is 22.4. The van der Waals surface area contributed by atoms with E-state index in [1.807, 2.05) is 4.72 Å². The van der Waals surface area contributed by atoms with Gasteiger partial charge in [-0.25, -0.2) is 32.2 Å². The summed E-state index contributed by atoms with van der Waals surface area (Å²) in [5.41, 5.74) is -0.658. The van der Waals surface area contributed by atoms with E-state index in [2.05, 4.69) is 20.3 Å². The van der Waals surface area contributed by atoms with Gasteiger partial charge in [0.05, 0.1) is 21.2 Å². The van der Waals surface area contributed by atoms with Gasteiger partial charge in [0.15, 0.2) is 11.6 Å². The van der Waals surface area contributed by atoms with E-state index in [4.69, 9.17) is 34.8 Å². The zero-order chi connectivity index (χ0) is 23.0. The van der Waals surface area contributed by atoms with Crippen molar-refractivity contribution in [3.63, 3.8) is 0 Å². The molecule has 13 heteroatoms. The summed E-state index contributed by atoms with van der Waals surface area (Å²) in [5.74, 6) is -2.26. The third-order valence-corrected chi connectivity index (χ3v) is 6.78. The molecule has 0 fully saturated rings. The van der Waals surface area contributed by atoms with Crippen molar-refractivity contribution in [1.82, 2.24) is 15.0 Å². The van der Waals surface area contributed by atoms with Crippen LogP contribution in [0.2, 0.25) is 15.2 Å². The molecule has 4 aromatic rings. The largest absolute Gasteiger partial charge is 0.333 e. The Morgan fingerprint density at radius 1 is 0.938 bits per heavy atom. The smallest absolute Gasteiger partial charge is 0.263 e. The van der Waals surface area contributed by atoms with E-state index in [0.29, 0.717) is 5.52 Å².